The molecule has 2 amide bonds. The van der Waals surface area contributed by atoms with Gasteiger partial charge in [0.1, 0.15) is 18.2 Å². The van der Waals surface area contributed by atoms with Gasteiger partial charge < -0.3 is 14.2 Å². The number of hydrogen-bond donors (Lipinski definition) is 1. The zero-order chi connectivity index (χ0) is 16.2. The first-order valence-electron chi connectivity index (χ1n) is 7.65. The maximum Gasteiger partial charge on any atom is 0.323 e. The number of nitrogens with zero attached hydrogens (tertiary/aromatic N) is 5. The summed E-state index contributed by atoms with van der Waals surface area (Å²) in [4.78, 5) is 18.3. The van der Waals surface area contributed by atoms with Gasteiger partial charge >= 0.3 is 6.03 Å². The summed E-state index contributed by atoms with van der Waals surface area (Å²) in [5, 5.41) is 10.9. The lowest BCUT2D eigenvalue weighted by Gasteiger charge is -2.32. The molecule has 8 heteroatoms. The largest absolute Gasteiger partial charge is 0.366 e. The maximum atomic E-state index is 12.4. The molecule has 0 bridgehead atoms. The SMILES string of the molecule is CCn1cnnc1[C@H]1CN(C(=O)Nc2cc(C)ccn2)CCO1. The quantitative estimate of drug-likeness (QED) is 0.930. The molecule has 0 unspecified atom stereocenters. The number of pyridine rings is 1. The van der Waals surface area contributed by atoms with E-state index < -0.39 is 0 Å². The summed E-state index contributed by atoms with van der Waals surface area (Å²) in [6.07, 6.45) is 3.09. The van der Waals surface area contributed by atoms with Crippen LogP contribution in [0.15, 0.2) is 24.7 Å². The van der Waals surface area contributed by atoms with Gasteiger partial charge in [0, 0.05) is 19.3 Å². The van der Waals surface area contributed by atoms with E-state index in [1.165, 1.54) is 0 Å². The average molecular weight is 316 g/mol. The maximum absolute atomic E-state index is 12.4. The van der Waals surface area contributed by atoms with Crippen molar-refractivity contribution in [3.05, 3.63) is 36.0 Å². The van der Waals surface area contributed by atoms with Crippen molar-refractivity contribution in [1.29, 1.82) is 0 Å². The normalized spacial score (nSPS) is 18.0. The summed E-state index contributed by atoms with van der Waals surface area (Å²) < 4.78 is 7.68. The molecule has 1 aliphatic rings. The van der Waals surface area contributed by atoms with E-state index in [1.54, 1.807) is 17.4 Å². The molecule has 8 nitrogen and oxygen atoms in total. The van der Waals surface area contributed by atoms with Gasteiger partial charge in [0.2, 0.25) is 0 Å². The van der Waals surface area contributed by atoms with Crippen molar-refractivity contribution in [3.63, 3.8) is 0 Å². The van der Waals surface area contributed by atoms with E-state index in [4.69, 9.17) is 4.74 Å². The Hall–Kier alpha value is -2.48. The first-order valence-corrected chi connectivity index (χ1v) is 7.65. The molecular weight excluding hydrogens is 296 g/mol. The van der Waals surface area contributed by atoms with Crippen molar-refractivity contribution < 1.29 is 9.53 Å². The molecular formula is C15H20N6O2. The van der Waals surface area contributed by atoms with Gasteiger partial charge in [0.25, 0.3) is 0 Å². The summed E-state index contributed by atoms with van der Waals surface area (Å²) >= 11 is 0. The molecule has 1 N–H and O–H groups in total. The molecule has 2 aromatic rings. The molecule has 2 aromatic heterocycles. The molecule has 3 heterocycles. The Bertz CT molecular complexity index is 686. The first-order chi connectivity index (χ1) is 11.2. The Labute approximate surface area is 134 Å². The van der Waals surface area contributed by atoms with Crippen molar-refractivity contribution >= 4 is 11.8 Å². The number of nitrogens with one attached hydrogen (secondary N) is 1. The second-order valence-corrected chi connectivity index (χ2v) is 5.43. The number of aryl methyl sites for hydroxylation is 2. The number of amides is 2. The van der Waals surface area contributed by atoms with Crippen LogP contribution in [-0.4, -0.2) is 50.4 Å². The number of carbonyl (C=O) groups is 1. The molecule has 1 saturated heterocycles. The van der Waals surface area contributed by atoms with Crippen LogP contribution in [0, 0.1) is 6.92 Å². The first kappa shape index (κ1) is 15.4. The van der Waals surface area contributed by atoms with Gasteiger partial charge in [0.15, 0.2) is 5.82 Å². The second-order valence-electron chi connectivity index (χ2n) is 5.43. The van der Waals surface area contributed by atoms with Gasteiger partial charge in [-0.1, -0.05) is 0 Å². The third kappa shape index (κ3) is 3.48. The van der Waals surface area contributed by atoms with Crippen LogP contribution in [0.25, 0.3) is 0 Å². The van der Waals surface area contributed by atoms with Crippen molar-refractivity contribution in [2.45, 2.75) is 26.5 Å². The van der Waals surface area contributed by atoms with Gasteiger partial charge in [-0.3, -0.25) is 5.32 Å². The zero-order valence-electron chi connectivity index (χ0n) is 13.3. The molecule has 1 fully saturated rings. The number of ether oxygens (including phenoxy) is 1. The highest BCUT2D eigenvalue weighted by Gasteiger charge is 2.28. The van der Waals surface area contributed by atoms with E-state index in [9.17, 15) is 4.79 Å². The molecule has 122 valence electrons. The number of aromatic nitrogens is 4. The Balaban J connectivity index is 1.67. The molecule has 1 aliphatic heterocycles. The monoisotopic (exact) mass is 316 g/mol. The van der Waals surface area contributed by atoms with Crippen LogP contribution >= 0.6 is 0 Å². The summed E-state index contributed by atoms with van der Waals surface area (Å²) in [6.45, 7) is 6.19. The van der Waals surface area contributed by atoms with Gasteiger partial charge in [-0.25, -0.2) is 9.78 Å². The summed E-state index contributed by atoms with van der Waals surface area (Å²) in [5.74, 6) is 1.30. The highest BCUT2D eigenvalue weighted by molar-refractivity contribution is 5.88. The number of morpholine rings is 1. The summed E-state index contributed by atoms with van der Waals surface area (Å²) in [5.41, 5.74) is 1.05. The van der Waals surface area contributed by atoms with Crippen LogP contribution in [0.5, 0.6) is 0 Å². The molecule has 1 atom stereocenters. The van der Waals surface area contributed by atoms with E-state index in [0.717, 1.165) is 17.9 Å². The van der Waals surface area contributed by atoms with E-state index in [-0.39, 0.29) is 12.1 Å². The highest BCUT2D eigenvalue weighted by Crippen LogP contribution is 2.21. The third-order valence-electron chi connectivity index (χ3n) is 3.78. The minimum Gasteiger partial charge on any atom is -0.366 e. The molecule has 3 rings (SSSR count). The molecule has 0 aromatic carbocycles. The van der Waals surface area contributed by atoms with E-state index >= 15 is 0 Å². The van der Waals surface area contributed by atoms with E-state index in [2.05, 4.69) is 20.5 Å². The Morgan fingerprint density at radius 3 is 3.17 bits per heavy atom. The molecule has 0 spiro atoms. The fourth-order valence-corrected chi connectivity index (χ4v) is 2.54. The minimum absolute atomic E-state index is 0.182. The summed E-state index contributed by atoms with van der Waals surface area (Å²) in [7, 11) is 0. The predicted molar refractivity (Wildman–Crippen MR) is 84.0 cm³/mol. The van der Waals surface area contributed by atoms with E-state index in [0.29, 0.717) is 25.5 Å². The zero-order valence-corrected chi connectivity index (χ0v) is 13.3. The number of urea groups is 1. The third-order valence-corrected chi connectivity index (χ3v) is 3.78. The lowest BCUT2D eigenvalue weighted by Crippen LogP contribution is -2.45. The smallest absolute Gasteiger partial charge is 0.323 e. The fraction of sp³-hybridized carbons (Fsp3) is 0.467. The standard InChI is InChI=1S/C15H20N6O2/c1-3-20-10-17-19-14(20)12-9-21(6-7-23-12)15(22)18-13-8-11(2)4-5-16-13/h4-5,8,10,12H,3,6-7,9H2,1-2H3,(H,16,18,22)/t12-/m1/s1. The van der Waals surface area contributed by atoms with Crippen LogP contribution in [0.1, 0.15) is 24.4 Å². The van der Waals surface area contributed by atoms with Gasteiger partial charge in [-0.2, -0.15) is 0 Å². The Morgan fingerprint density at radius 2 is 2.39 bits per heavy atom. The highest BCUT2D eigenvalue weighted by atomic mass is 16.5. The Morgan fingerprint density at radius 1 is 1.52 bits per heavy atom. The van der Waals surface area contributed by atoms with Crippen LogP contribution in [0.2, 0.25) is 0 Å². The lowest BCUT2D eigenvalue weighted by molar-refractivity contribution is -0.0199. The van der Waals surface area contributed by atoms with Gasteiger partial charge in [-0.15, -0.1) is 10.2 Å². The average Bonchev–Trinajstić information content (AvgIpc) is 3.03. The van der Waals surface area contributed by atoms with Crippen molar-refractivity contribution in [1.82, 2.24) is 24.6 Å². The van der Waals surface area contributed by atoms with Crippen LogP contribution in [0.4, 0.5) is 10.6 Å². The van der Waals surface area contributed by atoms with E-state index in [1.807, 2.05) is 30.5 Å². The molecule has 0 radical (unpaired) electrons. The fourth-order valence-electron chi connectivity index (χ4n) is 2.54. The van der Waals surface area contributed by atoms with Gasteiger partial charge in [-0.05, 0) is 31.5 Å². The number of carbonyl (C=O) groups excluding carboxylic acids is 1. The Kier molecular flexibility index (Phi) is 4.52. The number of hydrogen-bond acceptors (Lipinski definition) is 5. The van der Waals surface area contributed by atoms with Crippen LogP contribution in [-0.2, 0) is 11.3 Å². The van der Waals surface area contributed by atoms with Crippen molar-refractivity contribution in [2.24, 2.45) is 0 Å². The lowest BCUT2D eigenvalue weighted by atomic mass is 10.2. The minimum atomic E-state index is -0.262. The molecule has 23 heavy (non-hydrogen) atoms. The van der Waals surface area contributed by atoms with Crippen LogP contribution in [0.3, 0.4) is 0 Å². The topological polar surface area (TPSA) is 85.2 Å². The van der Waals surface area contributed by atoms with Crippen molar-refractivity contribution in [3.8, 4) is 0 Å². The molecule has 0 aliphatic carbocycles. The summed E-state index contributed by atoms with van der Waals surface area (Å²) in [6, 6.07) is 3.54. The van der Waals surface area contributed by atoms with Gasteiger partial charge in [0.05, 0.1) is 13.2 Å². The number of rotatable bonds is 3. The van der Waals surface area contributed by atoms with Crippen LogP contribution < -0.4 is 5.32 Å². The predicted octanol–water partition coefficient (Wildman–Crippen LogP) is 1.61. The number of anilines is 1. The van der Waals surface area contributed by atoms with Crippen molar-refractivity contribution in [2.75, 3.05) is 25.0 Å². The molecule has 0 saturated carbocycles. The second kappa shape index (κ2) is 6.74.